The monoisotopic (exact) mass is 402 g/mol. The van der Waals surface area contributed by atoms with Crippen molar-refractivity contribution in [1.29, 1.82) is 0 Å². The van der Waals surface area contributed by atoms with Gasteiger partial charge in [-0.3, -0.25) is 9.59 Å². The standard InChI is InChI=1S/C24H26O2Si2/c1-27(2,3)17-15-19-11-7-9-13-21(19)23(25)24(26)22-14-10-8-12-20(22)16-18-28(4,5)6/h7-14H,1-6H3. The molecular weight excluding hydrogens is 376 g/mol. The molecule has 2 aromatic rings. The van der Waals surface area contributed by atoms with Crippen LogP contribution in [0.2, 0.25) is 39.3 Å². The Morgan fingerprint density at radius 2 is 0.929 bits per heavy atom. The predicted octanol–water partition coefficient (Wildman–Crippen LogP) is 5.21. The minimum absolute atomic E-state index is 0.353. The molecule has 0 amide bonds. The molecule has 0 unspecified atom stereocenters. The lowest BCUT2D eigenvalue weighted by Gasteiger charge is -2.08. The second kappa shape index (κ2) is 8.56. The zero-order valence-corrected chi connectivity index (χ0v) is 19.4. The van der Waals surface area contributed by atoms with Crippen LogP contribution in [-0.4, -0.2) is 27.7 Å². The Kier molecular flexibility index (Phi) is 6.62. The van der Waals surface area contributed by atoms with Crippen molar-refractivity contribution in [3.63, 3.8) is 0 Å². The number of Topliss-reactive ketones (excluding diaryl/α,β-unsaturated/α-hetero) is 2. The van der Waals surface area contributed by atoms with Gasteiger partial charge in [-0.2, -0.15) is 0 Å². The van der Waals surface area contributed by atoms with Gasteiger partial charge in [-0.05, 0) is 24.3 Å². The fourth-order valence-electron chi connectivity index (χ4n) is 2.33. The van der Waals surface area contributed by atoms with Crippen molar-refractivity contribution >= 4 is 27.7 Å². The first-order chi connectivity index (χ1) is 13.0. The van der Waals surface area contributed by atoms with Crippen molar-refractivity contribution in [1.82, 2.24) is 0 Å². The molecule has 142 valence electrons. The van der Waals surface area contributed by atoms with E-state index < -0.39 is 27.7 Å². The molecule has 0 spiro atoms. The zero-order valence-electron chi connectivity index (χ0n) is 17.4. The van der Waals surface area contributed by atoms with Crippen molar-refractivity contribution in [2.45, 2.75) is 39.3 Å². The van der Waals surface area contributed by atoms with Crippen LogP contribution >= 0.6 is 0 Å². The van der Waals surface area contributed by atoms with Crippen molar-refractivity contribution in [2.24, 2.45) is 0 Å². The Morgan fingerprint density at radius 3 is 1.25 bits per heavy atom. The van der Waals surface area contributed by atoms with E-state index in [9.17, 15) is 9.59 Å². The molecule has 0 radical (unpaired) electrons. The van der Waals surface area contributed by atoms with Gasteiger partial charge in [0.15, 0.2) is 0 Å². The number of hydrogen-bond acceptors (Lipinski definition) is 2. The van der Waals surface area contributed by atoms with E-state index in [0.717, 1.165) is 0 Å². The Bertz CT molecular complexity index is 945. The van der Waals surface area contributed by atoms with Gasteiger partial charge in [-0.1, -0.05) is 75.4 Å². The van der Waals surface area contributed by atoms with Crippen LogP contribution < -0.4 is 0 Å². The highest BCUT2D eigenvalue weighted by Gasteiger charge is 2.22. The molecule has 0 bridgehead atoms. The van der Waals surface area contributed by atoms with Gasteiger partial charge in [-0.25, -0.2) is 0 Å². The third-order valence-electron chi connectivity index (χ3n) is 3.69. The number of carbonyl (C=O) groups is 2. The van der Waals surface area contributed by atoms with Crippen molar-refractivity contribution in [3.8, 4) is 22.9 Å². The average Bonchev–Trinajstić information content (AvgIpc) is 2.63. The predicted molar refractivity (Wildman–Crippen MR) is 122 cm³/mol. The molecule has 0 atom stereocenters. The van der Waals surface area contributed by atoms with Gasteiger partial charge in [0, 0.05) is 22.3 Å². The van der Waals surface area contributed by atoms with Gasteiger partial charge in [0.1, 0.15) is 16.1 Å². The van der Waals surface area contributed by atoms with Crippen LogP contribution in [0.3, 0.4) is 0 Å². The van der Waals surface area contributed by atoms with E-state index in [2.05, 4.69) is 62.2 Å². The first-order valence-electron chi connectivity index (χ1n) is 9.31. The molecule has 0 aliphatic rings. The SMILES string of the molecule is C[Si](C)(C)C#Cc1ccccc1C(=O)C(=O)c1ccccc1C#C[Si](C)(C)C. The van der Waals surface area contributed by atoms with Crippen LogP contribution in [0.5, 0.6) is 0 Å². The lowest BCUT2D eigenvalue weighted by Crippen LogP contribution is -2.19. The minimum Gasteiger partial charge on any atom is -0.285 e. The Balaban J connectivity index is 2.46. The summed E-state index contributed by atoms with van der Waals surface area (Å²) in [4.78, 5) is 26.0. The van der Waals surface area contributed by atoms with E-state index in [0.29, 0.717) is 22.3 Å². The van der Waals surface area contributed by atoms with Crippen molar-refractivity contribution < 1.29 is 9.59 Å². The average molecular weight is 403 g/mol. The second-order valence-corrected chi connectivity index (χ2v) is 18.2. The van der Waals surface area contributed by atoms with E-state index in [1.807, 2.05) is 12.1 Å². The largest absolute Gasteiger partial charge is 0.285 e. The summed E-state index contributed by atoms with van der Waals surface area (Å²) < 4.78 is 0. The number of hydrogen-bond donors (Lipinski definition) is 0. The topological polar surface area (TPSA) is 34.1 Å². The number of carbonyl (C=O) groups excluding carboxylic acids is 2. The maximum Gasteiger partial charge on any atom is 0.234 e. The summed E-state index contributed by atoms with van der Waals surface area (Å²) in [6, 6.07) is 14.1. The smallest absolute Gasteiger partial charge is 0.234 e. The molecule has 0 aliphatic carbocycles. The molecule has 4 heteroatoms. The Labute approximate surface area is 170 Å². The quantitative estimate of drug-likeness (QED) is 0.306. The van der Waals surface area contributed by atoms with Crippen molar-refractivity contribution in [2.75, 3.05) is 0 Å². The normalized spacial score (nSPS) is 10.9. The molecule has 0 saturated carbocycles. The van der Waals surface area contributed by atoms with E-state index >= 15 is 0 Å². The summed E-state index contributed by atoms with van der Waals surface area (Å²) in [6.07, 6.45) is 0. The molecule has 0 heterocycles. The highest BCUT2D eigenvalue weighted by atomic mass is 28.3. The van der Waals surface area contributed by atoms with Crippen molar-refractivity contribution in [3.05, 3.63) is 70.8 Å². The Hall–Kier alpha value is -2.67. The fourth-order valence-corrected chi connectivity index (χ4v) is 3.35. The molecule has 0 fully saturated rings. The molecule has 2 rings (SSSR count). The molecular formula is C24H26O2Si2. The maximum absolute atomic E-state index is 13.0. The summed E-state index contributed by atoms with van der Waals surface area (Å²) in [5.41, 5.74) is 8.45. The second-order valence-electron chi connectivity index (χ2n) is 8.75. The Morgan fingerprint density at radius 1 is 0.607 bits per heavy atom. The first-order valence-corrected chi connectivity index (χ1v) is 16.3. The third-order valence-corrected chi connectivity index (χ3v) is 5.44. The van der Waals surface area contributed by atoms with Crippen LogP contribution in [0.15, 0.2) is 48.5 Å². The number of ketones is 2. The first kappa shape index (κ1) is 21.6. The number of benzene rings is 2. The van der Waals surface area contributed by atoms with Gasteiger partial charge in [0.2, 0.25) is 11.6 Å². The van der Waals surface area contributed by atoms with Crippen LogP contribution in [0, 0.1) is 22.9 Å². The third kappa shape index (κ3) is 6.20. The van der Waals surface area contributed by atoms with E-state index in [-0.39, 0.29) is 0 Å². The van der Waals surface area contributed by atoms with Crippen LogP contribution in [0.4, 0.5) is 0 Å². The molecule has 2 aromatic carbocycles. The molecule has 0 saturated heterocycles. The molecule has 0 N–H and O–H groups in total. The van der Waals surface area contributed by atoms with E-state index in [1.165, 1.54) is 0 Å². The summed E-state index contributed by atoms with van der Waals surface area (Å²) in [7, 11) is -3.20. The summed E-state index contributed by atoms with van der Waals surface area (Å²) in [5.74, 6) is 5.15. The van der Waals surface area contributed by atoms with Gasteiger partial charge < -0.3 is 0 Å². The molecule has 0 aliphatic heterocycles. The summed E-state index contributed by atoms with van der Waals surface area (Å²) in [6.45, 7) is 12.9. The van der Waals surface area contributed by atoms with Gasteiger partial charge >= 0.3 is 0 Å². The maximum atomic E-state index is 13.0. The lowest BCUT2D eigenvalue weighted by molar-refractivity contribution is 0.0816. The van der Waals surface area contributed by atoms with Crippen LogP contribution in [0.25, 0.3) is 0 Å². The van der Waals surface area contributed by atoms with Crippen LogP contribution in [-0.2, 0) is 0 Å². The molecule has 2 nitrogen and oxygen atoms in total. The van der Waals surface area contributed by atoms with Gasteiger partial charge in [-0.15, -0.1) is 11.1 Å². The van der Waals surface area contributed by atoms with E-state index in [1.54, 1.807) is 36.4 Å². The summed E-state index contributed by atoms with van der Waals surface area (Å²) >= 11 is 0. The van der Waals surface area contributed by atoms with E-state index in [4.69, 9.17) is 0 Å². The molecule has 28 heavy (non-hydrogen) atoms. The summed E-state index contributed by atoms with van der Waals surface area (Å²) in [5, 5.41) is 0. The highest BCUT2D eigenvalue weighted by molar-refractivity contribution is 6.84. The highest BCUT2D eigenvalue weighted by Crippen LogP contribution is 2.16. The number of rotatable bonds is 3. The fraction of sp³-hybridized carbons (Fsp3) is 0.250. The van der Waals surface area contributed by atoms with Gasteiger partial charge in [0.05, 0.1) is 0 Å². The lowest BCUT2D eigenvalue weighted by atomic mass is 9.95. The van der Waals surface area contributed by atoms with Crippen LogP contribution in [0.1, 0.15) is 31.8 Å². The zero-order chi connectivity index (χ0) is 20.9. The molecule has 0 aromatic heterocycles. The minimum atomic E-state index is -1.60. The van der Waals surface area contributed by atoms with Gasteiger partial charge in [0.25, 0.3) is 0 Å².